The second-order valence-electron chi connectivity index (χ2n) is 11.9. The van der Waals surface area contributed by atoms with Crippen LogP contribution >= 0.6 is 22.7 Å². The lowest BCUT2D eigenvalue weighted by Gasteiger charge is -2.17. The fraction of sp³-hybridized carbons (Fsp3) is 0.0750. The Bertz CT molecular complexity index is 2720. The van der Waals surface area contributed by atoms with Crippen molar-refractivity contribution in [1.82, 2.24) is 15.0 Å². The van der Waals surface area contributed by atoms with E-state index in [0.29, 0.717) is 28.3 Å². The molecular formula is C40H31N3S2Si. The van der Waals surface area contributed by atoms with Crippen molar-refractivity contribution in [3.63, 3.8) is 0 Å². The van der Waals surface area contributed by atoms with Gasteiger partial charge >= 0.3 is 0 Å². The summed E-state index contributed by atoms with van der Waals surface area (Å²) in [5, 5.41) is 6.97. The Morgan fingerprint density at radius 1 is 0.522 bits per heavy atom. The van der Waals surface area contributed by atoms with E-state index in [1.54, 1.807) is 34.8 Å². The number of aromatic nitrogens is 3. The number of benzene rings is 5. The SMILES string of the molecule is [2H]c1c([2H])c(-c2ccc([Si](C)(C)C)cc2)c([2H])c(-c2c([2H])c([2H])c([2H])c(-c3nc(-c4cccc5sccc45)nc(-c4cccc5sccc45)n3)c2[2H])c1[2H]. The highest BCUT2D eigenvalue weighted by molar-refractivity contribution is 7.17. The first-order valence-electron chi connectivity index (χ1n) is 18.8. The molecule has 0 aliphatic heterocycles. The van der Waals surface area contributed by atoms with Gasteiger partial charge in [-0.1, -0.05) is 110 Å². The zero-order valence-corrected chi connectivity index (χ0v) is 27.9. The Kier molecular flexibility index (Phi) is 5.30. The average molecular weight is 654 g/mol. The summed E-state index contributed by atoms with van der Waals surface area (Å²) < 4.78 is 74.5. The lowest BCUT2D eigenvalue weighted by Crippen LogP contribution is -2.37. The van der Waals surface area contributed by atoms with Crippen molar-refractivity contribution in [3.8, 4) is 56.4 Å². The van der Waals surface area contributed by atoms with Crippen LogP contribution in [0, 0.1) is 0 Å². The van der Waals surface area contributed by atoms with Gasteiger partial charge in [-0.25, -0.2) is 15.0 Å². The molecule has 8 aromatic rings. The summed E-state index contributed by atoms with van der Waals surface area (Å²) in [6.45, 7) is 6.64. The Morgan fingerprint density at radius 2 is 1.00 bits per heavy atom. The van der Waals surface area contributed by atoms with Gasteiger partial charge in [-0.05, 0) is 69.4 Å². The number of hydrogen-bond donors (Lipinski definition) is 0. The van der Waals surface area contributed by atoms with Gasteiger partial charge in [0, 0.05) is 36.9 Å². The molecule has 0 radical (unpaired) electrons. The lowest BCUT2D eigenvalue weighted by atomic mass is 9.98. The van der Waals surface area contributed by atoms with Gasteiger partial charge in [-0.2, -0.15) is 0 Å². The molecule has 0 aliphatic carbocycles. The zero-order valence-electron chi connectivity index (χ0n) is 33.2. The maximum Gasteiger partial charge on any atom is 0.164 e. The smallest absolute Gasteiger partial charge is 0.164 e. The van der Waals surface area contributed by atoms with E-state index in [1.807, 2.05) is 71.4 Å². The van der Waals surface area contributed by atoms with E-state index in [-0.39, 0.29) is 40.2 Å². The molecule has 3 nitrogen and oxygen atoms in total. The van der Waals surface area contributed by atoms with Gasteiger partial charge < -0.3 is 0 Å². The molecule has 6 heteroatoms. The largest absolute Gasteiger partial charge is 0.208 e. The summed E-state index contributed by atoms with van der Waals surface area (Å²) in [6.07, 6.45) is 0. The molecule has 3 aromatic heterocycles. The first kappa shape index (κ1) is 21.1. The molecule has 222 valence electrons. The monoisotopic (exact) mass is 653 g/mol. The Balaban J connectivity index is 1.41. The molecule has 0 saturated heterocycles. The fourth-order valence-electron chi connectivity index (χ4n) is 5.44. The second-order valence-corrected chi connectivity index (χ2v) is 18.9. The number of rotatable bonds is 6. The van der Waals surface area contributed by atoms with E-state index >= 15 is 0 Å². The number of fused-ring (bicyclic) bond motifs is 2. The molecule has 46 heavy (non-hydrogen) atoms. The summed E-state index contributed by atoms with van der Waals surface area (Å²) in [4.78, 5) is 14.6. The fourth-order valence-corrected chi connectivity index (χ4v) is 8.23. The van der Waals surface area contributed by atoms with E-state index < -0.39 is 44.3 Å². The molecule has 0 spiro atoms. The standard InChI is InChI=1S/C40H31N3S2Si/c1-46(2,3)31-18-16-26(17-19-31)27-8-4-9-28(24-27)29-10-5-11-30(25-29)38-41-39(34-12-6-14-36-32(34)20-22-44-36)43-40(42-38)35-13-7-15-37-33(35)21-23-45-37/h4-25H,1-3H3/i4D,5D,8D,9D,10D,11D,24D,25D. The van der Waals surface area contributed by atoms with Crippen molar-refractivity contribution in [1.29, 1.82) is 0 Å². The van der Waals surface area contributed by atoms with Crippen LogP contribution in [-0.4, -0.2) is 23.0 Å². The predicted octanol–water partition coefficient (Wildman–Crippen LogP) is 11.2. The summed E-state index contributed by atoms with van der Waals surface area (Å²) >= 11 is 3.15. The highest BCUT2D eigenvalue weighted by Gasteiger charge is 2.18. The molecule has 0 aliphatic rings. The molecule has 0 amide bonds. The number of nitrogens with zero attached hydrogens (tertiary/aromatic N) is 3. The van der Waals surface area contributed by atoms with Crippen LogP contribution < -0.4 is 5.19 Å². The average Bonchev–Trinajstić information content (AvgIpc) is 3.85. The Morgan fingerprint density at radius 3 is 1.54 bits per heavy atom. The van der Waals surface area contributed by atoms with Crippen LogP contribution in [0.2, 0.25) is 19.6 Å². The van der Waals surface area contributed by atoms with E-state index in [1.165, 1.54) is 5.19 Å². The Labute approximate surface area is 289 Å². The van der Waals surface area contributed by atoms with Gasteiger partial charge in [0.05, 0.1) is 19.0 Å². The molecule has 8 rings (SSSR count). The molecule has 0 unspecified atom stereocenters. The van der Waals surface area contributed by atoms with Crippen molar-refractivity contribution in [3.05, 3.63) is 132 Å². The van der Waals surface area contributed by atoms with Gasteiger partial charge in [0.25, 0.3) is 0 Å². The van der Waals surface area contributed by atoms with Crippen LogP contribution in [0.4, 0.5) is 0 Å². The third-order valence-corrected chi connectivity index (χ3v) is 11.7. The summed E-state index contributed by atoms with van der Waals surface area (Å²) in [5.74, 6) is 0.528. The quantitative estimate of drug-likeness (QED) is 0.168. The molecular weight excluding hydrogens is 615 g/mol. The summed E-state index contributed by atoms with van der Waals surface area (Å²) in [5.41, 5.74) is 1.37. The normalized spacial score (nSPS) is 14.2. The third-order valence-electron chi connectivity index (χ3n) is 7.87. The minimum Gasteiger partial charge on any atom is -0.208 e. The van der Waals surface area contributed by atoms with Crippen LogP contribution in [0.25, 0.3) is 76.6 Å². The van der Waals surface area contributed by atoms with Crippen molar-refractivity contribution in [2.24, 2.45) is 0 Å². The maximum absolute atomic E-state index is 9.56. The van der Waals surface area contributed by atoms with Gasteiger partial charge in [0.2, 0.25) is 0 Å². The molecule has 3 heterocycles. The van der Waals surface area contributed by atoms with Gasteiger partial charge in [0.1, 0.15) is 0 Å². The molecule has 0 bridgehead atoms. The topological polar surface area (TPSA) is 38.7 Å². The minimum absolute atomic E-state index is 0.0670. The number of hydrogen-bond acceptors (Lipinski definition) is 5. The van der Waals surface area contributed by atoms with Gasteiger partial charge in [-0.15, -0.1) is 22.7 Å². The summed E-state index contributed by atoms with van der Waals surface area (Å²) in [6, 6.07) is 19.6. The maximum atomic E-state index is 9.56. The highest BCUT2D eigenvalue weighted by Crippen LogP contribution is 2.35. The molecule has 0 atom stereocenters. The van der Waals surface area contributed by atoms with E-state index in [2.05, 4.69) is 19.6 Å². The molecule has 0 saturated carbocycles. The first-order chi connectivity index (χ1) is 25.8. The van der Waals surface area contributed by atoms with Crippen LogP contribution in [0.5, 0.6) is 0 Å². The summed E-state index contributed by atoms with van der Waals surface area (Å²) in [7, 11) is -1.67. The molecule has 5 aromatic carbocycles. The first-order valence-corrected chi connectivity index (χ1v) is 20.0. The molecule has 0 fully saturated rings. The lowest BCUT2D eigenvalue weighted by molar-refractivity contribution is 1.08. The number of thiophene rings is 2. The van der Waals surface area contributed by atoms with Crippen LogP contribution in [0.3, 0.4) is 0 Å². The van der Waals surface area contributed by atoms with E-state index in [0.717, 1.165) is 20.2 Å². The van der Waals surface area contributed by atoms with Crippen molar-refractivity contribution >= 4 is 56.1 Å². The predicted molar refractivity (Wildman–Crippen MR) is 201 cm³/mol. The van der Waals surface area contributed by atoms with E-state index in [9.17, 15) is 2.74 Å². The highest BCUT2D eigenvalue weighted by atomic mass is 32.1. The molecule has 0 N–H and O–H groups in total. The van der Waals surface area contributed by atoms with Crippen molar-refractivity contribution < 1.29 is 11.0 Å². The van der Waals surface area contributed by atoms with Crippen LogP contribution in [-0.2, 0) is 0 Å². The third kappa shape index (κ3) is 5.39. The Hall–Kier alpha value is -4.75. The second kappa shape index (κ2) is 11.6. The minimum atomic E-state index is -1.67. The zero-order chi connectivity index (χ0) is 38.2. The van der Waals surface area contributed by atoms with Crippen molar-refractivity contribution in [2.75, 3.05) is 0 Å². The van der Waals surface area contributed by atoms with Gasteiger partial charge in [-0.3, -0.25) is 0 Å². The van der Waals surface area contributed by atoms with Crippen LogP contribution in [0.1, 0.15) is 11.0 Å². The van der Waals surface area contributed by atoms with Crippen LogP contribution in [0.15, 0.2) is 132 Å². The van der Waals surface area contributed by atoms with Crippen molar-refractivity contribution in [2.45, 2.75) is 19.6 Å². The van der Waals surface area contributed by atoms with E-state index in [4.69, 9.17) is 23.2 Å². The van der Waals surface area contributed by atoms with Gasteiger partial charge in [0.15, 0.2) is 17.5 Å².